The van der Waals surface area contributed by atoms with Crippen LogP contribution in [0.3, 0.4) is 0 Å². The van der Waals surface area contributed by atoms with Crippen LogP contribution in [0, 0.1) is 0 Å². The number of carbonyl (C=O) groups is 1. The fourth-order valence-electron chi connectivity index (χ4n) is 5.28. The fraction of sp³-hybridized carbons (Fsp3) is 0.865. The van der Waals surface area contributed by atoms with E-state index in [9.17, 15) is 4.79 Å². The zero-order chi connectivity index (χ0) is 29.0. The predicted molar refractivity (Wildman–Crippen MR) is 176 cm³/mol. The standard InChI is InChI=1S/C37H70O3/c1-3-5-7-9-11-13-15-17-19-21-23-25-27-29-31-33-35-39-37(38)40-36-34-32-30-28-26-24-22-20-18-16-14-12-10-8-6-4-2/h33-36H,3-32H2,1-2H3. The highest BCUT2D eigenvalue weighted by Crippen LogP contribution is 2.15. The Morgan fingerprint density at radius 1 is 0.375 bits per heavy atom. The first-order valence-corrected chi connectivity index (χ1v) is 18.0. The van der Waals surface area contributed by atoms with Crippen LogP contribution in [0.15, 0.2) is 24.7 Å². The number of hydrogen-bond donors (Lipinski definition) is 0. The predicted octanol–water partition coefficient (Wildman–Crippen LogP) is 13.9. The molecule has 0 saturated carbocycles. The summed E-state index contributed by atoms with van der Waals surface area (Å²) in [7, 11) is 0. The van der Waals surface area contributed by atoms with E-state index in [0.29, 0.717) is 0 Å². The molecule has 0 spiro atoms. The third kappa shape index (κ3) is 34.8. The summed E-state index contributed by atoms with van der Waals surface area (Å²) in [6.45, 7) is 4.56. The molecule has 0 aromatic heterocycles. The zero-order valence-corrected chi connectivity index (χ0v) is 27.2. The summed E-state index contributed by atoms with van der Waals surface area (Å²) in [4.78, 5) is 11.6. The molecular weight excluding hydrogens is 492 g/mol. The Morgan fingerprint density at radius 3 is 0.850 bits per heavy atom. The first-order chi connectivity index (χ1) is 19.8. The molecule has 0 aromatic carbocycles. The number of rotatable bonds is 32. The van der Waals surface area contributed by atoms with E-state index in [1.165, 1.54) is 179 Å². The van der Waals surface area contributed by atoms with Gasteiger partial charge in [-0.25, -0.2) is 4.79 Å². The Morgan fingerprint density at radius 2 is 0.600 bits per heavy atom. The number of unbranched alkanes of at least 4 members (excludes halogenated alkanes) is 28. The zero-order valence-electron chi connectivity index (χ0n) is 27.2. The second-order valence-electron chi connectivity index (χ2n) is 12.0. The maximum Gasteiger partial charge on any atom is 0.518 e. The van der Waals surface area contributed by atoms with Crippen molar-refractivity contribution in [3.05, 3.63) is 24.7 Å². The molecule has 0 aliphatic rings. The first kappa shape index (κ1) is 38.8. The summed E-state index contributed by atoms with van der Waals surface area (Å²) in [5.41, 5.74) is 0. The van der Waals surface area contributed by atoms with Crippen molar-refractivity contribution in [2.24, 2.45) is 0 Å². The van der Waals surface area contributed by atoms with Crippen molar-refractivity contribution in [3.63, 3.8) is 0 Å². The van der Waals surface area contributed by atoms with Gasteiger partial charge in [0.15, 0.2) is 0 Å². The van der Waals surface area contributed by atoms with Gasteiger partial charge in [-0.2, -0.15) is 0 Å². The van der Waals surface area contributed by atoms with Gasteiger partial charge in [-0.05, 0) is 37.8 Å². The minimum Gasteiger partial charge on any atom is -0.403 e. The molecule has 0 amide bonds. The van der Waals surface area contributed by atoms with Gasteiger partial charge in [0.2, 0.25) is 0 Å². The third-order valence-corrected chi connectivity index (χ3v) is 7.97. The molecule has 0 saturated heterocycles. The van der Waals surface area contributed by atoms with Gasteiger partial charge in [0, 0.05) is 0 Å². The van der Waals surface area contributed by atoms with Crippen LogP contribution in [-0.4, -0.2) is 6.16 Å². The van der Waals surface area contributed by atoms with Gasteiger partial charge >= 0.3 is 6.16 Å². The molecule has 0 atom stereocenters. The summed E-state index contributed by atoms with van der Waals surface area (Å²) >= 11 is 0. The van der Waals surface area contributed by atoms with Crippen LogP contribution in [-0.2, 0) is 9.47 Å². The molecule has 0 aliphatic carbocycles. The maximum absolute atomic E-state index is 11.6. The van der Waals surface area contributed by atoms with E-state index in [2.05, 4.69) is 13.8 Å². The van der Waals surface area contributed by atoms with Crippen LogP contribution < -0.4 is 0 Å². The lowest BCUT2D eigenvalue weighted by atomic mass is 10.0. The Labute approximate surface area is 251 Å². The quantitative estimate of drug-likeness (QED) is 0.0464. The molecule has 0 aromatic rings. The number of hydrogen-bond acceptors (Lipinski definition) is 3. The van der Waals surface area contributed by atoms with Gasteiger partial charge < -0.3 is 9.47 Å². The lowest BCUT2D eigenvalue weighted by Crippen LogP contribution is -1.97. The van der Waals surface area contributed by atoms with E-state index < -0.39 is 6.16 Å². The monoisotopic (exact) mass is 563 g/mol. The summed E-state index contributed by atoms with van der Waals surface area (Å²) in [5.74, 6) is 0. The maximum atomic E-state index is 11.6. The van der Waals surface area contributed by atoms with Crippen LogP contribution >= 0.6 is 0 Å². The molecule has 3 heteroatoms. The highest BCUT2D eigenvalue weighted by Gasteiger charge is 1.98. The molecule has 0 unspecified atom stereocenters. The van der Waals surface area contributed by atoms with E-state index >= 15 is 0 Å². The van der Waals surface area contributed by atoms with Crippen molar-refractivity contribution < 1.29 is 14.3 Å². The Balaban J connectivity index is 3.27. The average Bonchev–Trinajstić information content (AvgIpc) is 2.96. The molecule has 0 heterocycles. The normalized spacial score (nSPS) is 11.7. The Kier molecular flexibility index (Phi) is 34.7. The van der Waals surface area contributed by atoms with Gasteiger partial charge in [-0.15, -0.1) is 0 Å². The van der Waals surface area contributed by atoms with Crippen molar-refractivity contribution in [2.75, 3.05) is 0 Å². The molecule has 0 radical (unpaired) electrons. The SMILES string of the molecule is CCCCCCCCCCCCCCCCC=COC(=O)OC=CCCCCCCCCCCCCCCCC. The lowest BCUT2D eigenvalue weighted by molar-refractivity contribution is 0.119. The molecule has 0 fully saturated rings. The second kappa shape index (κ2) is 35.8. The van der Waals surface area contributed by atoms with Crippen LogP contribution in [0.4, 0.5) is 4.79 Å². The van der Waals surface area contributed by atoms with Crippen LogP contribution in [0.1, 0.15) is 206 Å². The van der Waals surface area contributed by atoms with Crippen molar-refractivity contribution in [1.29, 1.82) is 0 Å². The van der Waals surface area contributed by atoms with E-state index in [1.807, 2.05) is 12.2 Å². The minimum atomic E-state index is -0.644. The highest BCUT2D eigenvalue weighted by molar-refractivity contribution is 5.61. The molecule has 0 rings (SSSR count). The van der Waals surface area contributed by atoms with Crippen molar-refractivity contribution in [2.45, 2.75) is 206 Å². The molecule has 0 bridgehead atoms. The number of carbonyl (C=O) groups excluding carboxylic acids is 1. The summed E-state index contributed by atoms with van der Waals surface area (Å²) in [5, 5.41) is 0. The largest absolute Gasteiger partial charge is 0.518 e. The number of allylic oxidation sites excluding steroid dienone is 2. The second-order valence-corrected chi connectivity index (χ2v) is 12.0. The van der Waals surface area contributed by atoms with Crippen molar-refractivity contribution in [1.82, 2.24) is 0 Å². The smallest absolute Gasteiger partial charge is 0.403 e. The lowest BCUT2D eigenvalue weighted by Gasteiger charge is -2.03. The van der Waals surface area contributed by atoms with E-state index in [4.69, 9.17) is 9.47 Å². The molecule has 0 N–H and O–H groups in total. The molecular formula is C37H70O3. The van der Waals surface area contributed by atoms with E-state index in [1.54, 1.807) is 0 Å². The average molecular weight is 563 g/mol. The first-order valence-electron chi connectivity index (χ1n) is 18.0. The van der Waals surface area contributed by atoms with Gasteiger partial charge in [0.25, 0.3) is 0 Å². The van der Waals surface area contributed by atoms with Crippen LogP contribution in [0.25, 0.3) is 0 Å². The highest BCUT2D eigenvalue weighted by atomic mass is 16.7. The van der Waals surface area contributed by atoms with Crippen molar-refractivity contribution >= 4 is 6.16 Å². The molecule has 236 valence electrons. The van der Waals surface area contributed by atoms with Gasteiger partial charge in [0.1, 0.15) is 0 Å². The van der Waals surface area contributed by atoms with Gasteiger partial charge in [-0.3, -0.25) is 0 Å². The molecule has 3 nitrogen and oxygen atoms in total. The summed E-state index contributed by atoms with van der Waals surface area (Å²) < 4.78 is 9.99. The molecule has 40 heavy (non-hydrogen) atoms. The topological polar surface area (TPSA) is 35.5 Å². The Bertz CT molecular complexity index is 494. The van der Waals surface area contributed by atoms with Gasteiger partial charge in [-0.1, -0.05) is 181 Å². The van der Waals surface area contributed by atoms with Crippen molar-refractivity contribution in [3.8, 4) is 0 Å². The third-order valence-electron chi connectivity index (χ3n) is 7.97. The van der Waals surface area contributed by atoms with E-state index in [0.717, 1.165) is 25.7 Å². The minimum absolute atomic E-state index is 0.644. The van der Waals surface area contributed by atoms with Crippen LogP contribution in [0.2, 0.25) is 0 Å². The van der Waals surface area contributed by atoms with E-state index in [-0.39, 0.29) is 0 Å². The summed E-state index contributed by atoms with van der Waals surface area (Å²) in [6, 6.07) is 0. The van der Waals surface area contributed by atoms with Gasteiger partial charge in [0.05, 0.1) is 12.5 Å². The van der Waals surface area contributed by atoms with Crippen LogP contribution in [0.5, 0.6) is 0 Å². The number of ether oxygens (including phenoxy) is 2. The molecule has 0 aliphatic heterocycles. The summed E-state index contributed by atoms with van der Waals surface area (Å²) in [6.07, 6.45) is 46.5. The fourth-order valence-corrected chi connectivity index (χ4v) is 5.28. The Hall–Kier alpha value is -1.25.